The Bertz CT molecular complexity index is 571. The molecule has 1 fully saturated rings. The molecule has 2 rings (SSSR count). The highest BCUT2D eigenvalue weighted by molar-refractivity contribution is 6.31. The number of rotatable bonds is 3. The fourth-order valence-electron chi connectivity index (χ4n) is 2.58. The van der Waals surface area contributed by atoms with Gasteiger partial charge in [0.1, 0.15) is 5.41 Å². The summed E-state index contributed by atoms with van der Waals surface area (Å²) < 4.78 is 13.8. The summed E-state index contributed by atoms with van der Waals surface area (Å²) in [6, 6.07) is 4.32. The summed E-state index contributed by atoms with van der Waals surface area (Å²) in [5, 5.41) is 14.1. The van der Waals surface area contributed by atoms with Crippen LogP contribution >= 0.6 is 11.6 Å². The van der Waals surface area contributed by atoms with Crippen LogP contribution in [0.25, 0.3) is 0 Å². The molecule has 0 heterocycles. The van der Waals surface area contributed by atoms with E-state index in [9.17, 15) is 9.18 Å². The Balaban J connectivity index is 2.25. The Morgan fingerprint density at radius 3 is 2.80 bits per heavy atom. The first-order valence-electron chi connectivity index (χ1n) is 6.14. The number of hydrogen-bond donors (Lipinski definition) is 3. The van der Waals surface area contributed by atoms with Gasteiger partial charge in [-0.25, -0.2) is 4.39 Å². The number of carbonyl (C=O) groups excluding carboxylic acids is 1. The van der Waals surface area contributed by atoms with Gasteiger partial charge in [0.25, 0.3) is 0 Å². The van der Waals surface area contributed by atoms with Crippen molar-refractivity contribution in [2.45, 2.75) is 19.8 Å². The Morgan fingerprint density at radius 1 is 1.60 bits per heavy atom. The van der Waals surface area contributed by atoms with Crippen LogP contribution in [0, 0.1) is 17.2 Å². The van der Waals surface area contributed by atoms with Gasteiger partial charge < -0.3 is 16.3 Å². The average molecular weight is 300 g/mol. The van der Waals surface area contributed by atoms with Crippen molar-refractivity contribution >= 4 is 29.0 Å². The highest BCUT2D eigenvalue weighted by Crippen LogP contribution is 2.46. The normalized spacial score (nSPS) is 25.9. The van der Waals surface area contributed by atoms with Gasteiger partial charge in [-0.3, -0.25) is 4.79 Å². The summed E-state index contributed by atoms with van der Waals surface area (Å²) in [5.41, 5.74) is 4.52. The zero-order valence-corrected chi connectivity index (χ0v) is 11.6. The van der Waals surface area contributed by atoms with Gasteiger partial charge >= 0.3 is 0 Å². The number of amidine groups is 1. The summed E-state index contributed by atoms with van der Waals surface area (Å²) in [4.78, 5) is 12.3. The SMILES string of the molecule is CC1CC(C(=O)Nc2cccc(Cl)c2F)(/C(N)=N/O)C1. The molecule has 5 nitrogen and oxygen atoms in total. The van der Waals surface area contributed by atoms with E-state index in [1.54, 1.807) is 0 Å². The molecule has 0 radical (unpaired) electrons. The van der Waals surface area contributed by atoms with Gasteiger partial charge in [-0.2, -0.15) is 0 Å². The molecule has 0 aromatic heterocycles. The van der Waals surface area contributed by atoms with E-state index in [1.165, 1.54) is 18.2 Å². The lowest BCUT2D eigenvalue weighted by Crippen LogP contribution is -2.54. The molecule has 20 heavy (non-hydrogen) atoms. The number of benzene rings is 1. The van der Waals surface area contributed by atoms with E-state index in [0.717, 1.165) is 0 Å². The van der Waals surface area contributed by atoms with Crippen LogP contribution in [0.15, 0.2) is 23.4 Å². The Hall–Kier alpha value is -1.82. The van der Waals surface area contributed by atoms with Crippen molar-refractivity contribution in [2.24, 2.45) is 22.2 Å². The lowest BCUT2D eigenvalue weighted by atomic mass is 9.61. The monoisotopic (exact) mass is 299 g/mol. The highest BCUT2D eigenvalue weighted by Gasteiger charge is 2.52. The molecule has 0 bridgehead atoms. The van der Waals surface area contributed by atoms with Crippen LogP contribution in [-0.4, -0.2) is 17.0 Å². The van der Waals surface area contributed by atoms with Crippen LogP contribution in [0.3, 0.4) is 0 Å². The molecular weight excluding hydrogens is 285 g/mol. The number of hydrogen-bond acceptors (Lipinski definition) is 3. The second-order valence-corrected chi connectivity index (χ2v) is 5.54. The predicted octanol–water partition coefficient (Wildman–Crippen LogP) is 2.58. The number of amides is 1. The van der Waals surface area contributed by atoms with Crippen molar-refractivity contribution in [3.05, 3.63) is 29.0 Å². The fraction of sp³-hybridized carbons (Fsp3) is 0.385. The molecule has 0 atom stereocenters. The van der Waals surface area contributed by atoms with Crippen molar-refractivity contribution in [2.75, 3.05) is 5.32 Å². The maximum absolute atomic E-state index is 13.8. The maximum atomic E-state index is 13.8. The van der Waals surface area contributed by atoms with Gasteiger partial charge in [0.05, 0.1) is 10.7 Å². The molecule has 7 heteroatoms. The van der Waals surface area contributed by atoms with Gasteiger partial charge in [0.15, 0.2) is 11.7 Å². The highest BCUT2D eigenvalue weighted by atomic mass is 35.5. The summed E-state index contributed by atoms with van der Waals surface area (Å²) in [7, 11) is 0. The van der Waals surface area contributed by atoms with E-state index < -0.39 is 17.1 Å². The number of anilines is 1. The van der Waals surface area contributed by atoms with Crippen LogP contribution in [0.5, 0.6) is 0 Å². The van der Waals surface area contributed by atoms with Crippen LogP contribution in [-0.2, 0) is 4.79 Å². The maximum Gasteiger partial charge on any atom is 0.238 e. The third-order valence-electron chi connectivity index (χ3n) is 3.63. The number of nitrogens with zero attached hydrogens (tertiary/aromatic N) is 1. The quantitative estimate of drug-likeness (QED) is 0.347. The first-order valence-corrected chi connectivity index (χ1v) is 6.52. The summed E-state index contributed by atoms with van der Waals surface area (Å²) in [5.74, 6) is -1.07. The average Bonchev–Trinajstić information content (AvgIpc) is 2.39. The Labute approximate surface area is 120 Å². The first kappa shape index (κ1) is 14.6. The molecule has 0 spiro atoms. The van der Waals surface area contributed by atoms with Crippen LogP contribution in [0.1, 0.15) is 19.8 Å². The number of carbonyl (C=O) groups is 1. The standard InChI is InChI=1S/C13H15ClFN3O2/c1-7-5-13(6-7,11(16)18-20)12(19)17-9-4-2-3-8(14)10(9)15/h2-4,7,20H,5-6H2,1H3,(H2,16,18)(H,17,19). The minimum absolute atomic E-state index is 0.0211. The van der Waals surface area contributed by atoms with E-state index in [-0.39, 0.29) is 22.5 Å². The smallest absolute Gasteiger partial charge is 0.238 e. The lowest BCUT2D eigenvalue weighted by Gasteiger charge is -2.43. The molecule has 1 aromatic carbocycles. The van der Waals surface area contributed by atoms with Crippen LogP contribution < -0.4 is 11.1 Å². The molecule has 0 aliphatic heterocycles. The molecule has 4 N–H and O–H groups in total. The predicted molar refractivity (Wildman–Crippen MR) is 74.3 cm³/mol. The van der Waals surface area contributed by atoms with Crippen molar-refractivity contribution < 1.29 is 14.4 Å². The summed E-state index contributed by atoms with van der Waals surface area (Å²) in [6.07, 6.45) is 0.911. The molecule has 1 aromatic rings. The minimum atomic E-state index is -1.08. The van der Waals surface area contributed by atoms with Gasteiger partial charge in [-0.05, 0) is 30.9 Å². The third-order valence-corrected chi connectivity index (χ3v) is 3.92. The largest absolute Gasteiger partial charge is 0.409 e. The Kier molecular flexibility index (Phi) is 3.85. The summed E-state index contributed by atoms with van der Waals surface area (Å²) >= 11 is 5.66. The molecule has 1 saturated carbocycles. The molecule has 0 saturated heterocycles. The van der Waals surface area contributed by atoms with Crippen LogP contribution in [0.4, 0.5) is 10.1 Å². The molecule has 1 amide bonds. The van der Waals surface area contributed by atoms with Gasteiger partial charge in [-0.15, -0.1) is 0 Å². The first-order chi connectivity index (χ1) is 9.40. The number of oxime groups is 1. The zero-order chi connectivity index (χ0) is 14.9. The molecule has 1 aliphatic rings. The van der Waals surface area contributed by atoms with E-state index in [1.807, 2.05) is 6.92 Å². The third kappa shape index (κ3) is 2.31. The number of nitrogens with one attached hydrogen (secondary N) is 1. The topological polar surface area (TPSA) is 87.7 Å². The lowest BCUT2D eigenvalue weighted by molar-refractivity contribution is -0.127. The molecule has 108 valence electrons. The number of nitrogens with two attached hydrogens (primary N) is 1. The fourth-order valence-corrected chi connectivity index (χ4v) is 2.75. The van der Waals surface area contributed by atoms with Gasteiger partial charge in [0.2, 0.25) is 5.91 Å². The Morgan fingerprint density at radius 2 is 2.25 bits per heavy atom. The van der Waals surface area contributed by atoms with E-state index >= 15 is 0 Å². The number of halogens is 2. The second kappa shape index (κ2) is 5.28. The van der Waals surface area contributed by atoms with Gasteiger partial charge in [0, 0.05) is 0 Å². The van der Waals surface area contributed by atoms with Crippen molar-refractivity contribution in [1.29, 1.82) is 0 Å². The molecule has 1 aliphatic carbocycles. The zero-order valence-electron chi connectivity index (χ0n) is 10.9. The molecule has 0 unspecified atom stereocenters. The van der Waals surface area contributed by atoms with Gasteiger partial charge in [-0.1, -0.05) is 29.7 Å². The van der Waals surface area contributed by atoms with E-state index in [0.29, 0.717) is 12.8 Å². The van der Waals surface area contributed by atoms with Crippen molar-refractivity contribution in [3.8, 4) is 0 Å². The van der Waals surface area contributed by atoms with Crippen molar-refractivity contribution in [1.82, 2.24) is 0 Å². The minimum Gasteiger partial charge on any atom is -0.409 e. The van der Waals surface area contributed by atoms with E-state index in [4.69, 9.17) is 22.5 Å². The van der Waals surface area contributed by atoms with E-state index in [2.05, 4.69) is 10.5 Å². The van der Waals surface area contributed by atoms with Crippen LogP contribution in [0.2, 0.25) is 5.02 Å². The summed E-state index contributed by atoms with van der Waals surface area (Å²) in [6.45, 7) is 1.95. The van der Waals surface area contributed by atoms with Crippen molar-refractivity contribution in [3.63, 3.8) is 0 Å². The molecular formula is C13H15ClFN3O2. The second-order valence-electron chi connectivity index (χ2n) is 5.14.